The molecule has 0 bridgehead atoms. The summed E-state index contributed by atoms with van der Waals surface area (Å²) in [6, 6.07) is 3.42. The summed E-state index contributed by atoms with van der Waals surface area (Å²) in [5.74, 6) is 1.22. The third-order valence-electron chi connectivity index (χ3n) is 3.79. The summed E-state index contributed by atoms with van der Waals surface area (Å²) < 4.78 is 7.20. The van der Waals surface area contributed by atoms with Crippen molar-refractivity contribution in [2.75, 3.05) is 0 Å². The van der Waals surface area contributed by atoms with Crippen LogP contribution >= 0.6 is 11.3 Å². The van der Waals surface area contributed by atoms with E-state index in [9.17, 15) is 4.79 Å². The molecule has 0 atom stereocenters. The molecular weight excluding hydrogens is 354 g/mol. The van der Waals surface area contributed by atoms with Crippen molar-refractivity contribution in [1.29, 1.82) is 0 Å². The number of aromatic nitrogens is 7. The Kier molecular flexibility index (Phi) is 4.17. The lowest BCUT2D eigenvalue weighted by Gasteiger charge is -2.07. The molecule has 0 saturated carbocycles. The summed E-state index contributed by atoms with van der Waals surface area (Å²) in [7, 11) is 0. The van der Waals surface area contributed by atoms with Crippen LogP contribution in [0.5, 0.6) is 5.75 Å². The second-order valence-electron chi connectivity index (χ2n) is 5.91. The van der Waals surface area contributed by atoms with E-state index >= 15 is 0 Å². The highest BCUT2D eigenvalue weighted by Gasteiger charge is 2.12. The fraction of sp³-hybridized carbons (Fsp3) is 0.250. The highest BCUT2D eigenvalue weighted by atomic mass is 32.1. The van der Waals surface area contributed by atoms with E-state index in [0.717, 1.165) is 10.7 Å². The molecular formula is C16H15N7O2S. The summed E-state index contributed by atoms with van der Waals surface area (Å²) in [5, 5.41) is 16.4. The van der Waals surface area contributed by atoms with Gasteiger partial charge in [0.1, 0.15) is 28.6 Å². The van der Waals surface area contributed by atoms with Gasteiger partial charge in [0.05, 0.1) is 5.69 Å². The Labute approximate surface area is 151 Å². The van der Waals surface area contributed by atoms with Crippen LogP contribution in [0, 0.1) is 0 Å². The first-order chi connectivity index (χ1) is 12.6. The van der Waals surface area contributed by atoms with Crippen LogP contribution in [0.25, 0.3) is 17.0 Å². The summed E-state index contributed by atoms with van der Waals surface area (Å²) in [4.78, 5) is 21.4. The number of thiazole rings is 1. The van der Waals surface area contributed by atoms with Gasteiger partial charge in [-0.1, -0.05) is 13.8 Å². The molecule has 0 aromatic carbocycles. The van der Waals surface area contributed by atoms with Crippen LogP contribution in [-0.2, 0) is 6.61 Å². The fourth-order valence-electron chi connectivity index (χ4n) is 2.38. The lowest BCUT2D eigenvalue weighted by atomic mass is 10.2. The molecule has 0 spiro atoms. The number of nitrogens with one attached hydrogen (secondary N) is 1. The van der Waals surface area contributed by atoms with Crippen LogP contribution in [0.1, 0.15) is 30.5 Å². The third kappa shape index (κ3) is 3.06. The number of rotatable bonds is 5. The molecule has 10 heteroatoms. The van der Waals surface area contributed by atoms with Gasteiger partial charge in [0, 0.05) is 23.8 Å². The lowest BCUT2D eigenvalue weighted by Crippen LogP contribution is -2.17. The van der Waals surface area contributed by atoms with Crippen LogP contribution in [0.3, 0.4) is 0 Å². The van der Waals surface area contributed by atoms with Gasteiger partial charge in [-0.2, -0.15) is 5.21 Å². The average Bonchev–Trinajstić information content (AvgIpc) is 3.32. The number of pyridine rings is 1. The third-order valence-corrected chi connectivity index (χ3v) is 4.63. The number of nitrogens with zero attached hydrogens (tertiary/aromatic N) is 6. The van der Waals surface area contributed by atoms with E-state index in [0.29, 0.717) is 23.9 Å². The Bertz CT molecular complexity index is 1100. The maximum absolute atomic E-state index is 12.5. The van der Waals surface area contributed by atoms with Gasteiger partial charge < -0.3 is 4.74 Å². The molecule has 0 fully saturated rings. The predicted octanol–water partition coefficient (Wildman–Crippen LogP) is 2.03. The van der Waals surface area contributed by atoms with E-state index in [2.05, 4.69) is 44.4 Å². The van der Waals surface area contributed by atoms with Crippen molar-refractivity contribution in [3.05, 3.63) is 51.0 Å². The number of fused-ring (bicyclic) bond motifs is 1. The number of aromatic amines is 1. The molecule has 0 amide bonds. The van der Waals surface area contributed by atoms with Gasteiger partial charge >= 0.3 is 0 Å². The van der Waals surface area contributed by atoms with Crippen molar-refractivity contribution >= 4 is 17.0 Å². The van der Waals surface area contributed by atoms with E-state index in [1.165, 1.54) is 10.6 Å². The maximum Gasteiger partial charge on any atom is 0.269 e. The second-order valence-corrected chi connectivity index (χ2v) is 6.86. The molecule has 4 rings (SSSR count). The zero-order valence-electron chi connectivity index (χ0n) is 14.1. The number of ether oxygens (including phenoxy) is 1. The molecule has 1 N–H and O–H groups in total. The summed E-state index contributed by atoms with van der Waals surface area (Å²) in [6.45, 7) is 4.59. The molecule has 0 aliphatic rings. The van der Waals surface area contributed by atoms with Gasteiger partial charge in [0.2, 0.25) is 5.82 Å². The zero-order chi connectivity index (χ0) is 18.1. The first kappa shape index (κ1) is 16.3. The largest absolute Gasteiger partial charge is 0.486 e. The van der Waals surface area contributed by atoms with E-state index in [4.69, 9.17) is 4.74 Å². The van der Waals surface area contributed by atoms with Crippen LogP contribution in [0.2, 0.25) is 0 Å². The zero-order valence-corrected chi connectivity index (χ0v) is 14.9. The molecule has 0 unspecified atom stereocenters. The minimum absolute atomic E-state index is 0.210. The van der Waals surface area contributed by atoms with Crippen LogP contribution in [-0.4, -0.2) is 35.0 Å². The van der Waals surface area contributed by atoms with Gasteiger partial charge in [-0.05, 0) is 17.2 Å². The minimum atomic E-state index is -0.274. The molecule has 0 aliphatic carbocycles. The molecule has 26 heavy (non-hydrogen) atoms. The van der Waals surface area contributed by atoms with Crippen molar-refractivity contribution in [3.8, 4) is 17.1 Å². The first-order valence-electron chi connectivity index (χ1n) is 7.94. The van der Waals surface area contributed by atoms with Gasteiger partial charge in [-0.3, -0.25) is 9.20 Å². The van der Waals surface area contributed by atoms with E-state index in [-0.39, 0.29) is 16.9 Å². The normalized spacial score (nSPS) is 11.3. The Morgan fingerprint density at radius 2 is 2.27 bits per heavy atom. The van der Waals surface area contributed by atoms with Crippen molar-refractivity contribution < 1.29 is 4.74 Å². The lowest BCUT2D eigenvalue weighted by molar-refractivity contribution is 0.305. The number of tetrazole rings is 1. The molecule has 0 aliphatic heterocycles. The average molecular weight is 369 g/mol. The van der Waals surface area contributed by atoms with Crippen molar-refractivity contribution in [1.82, 2.24) is 35.0 Å². The van der Waals surface area contributed by atoms with Crippen LogP contribution in [0.4, 0.5) is 0 Å². The fourth-order valence-corrected chi connectivity index (χ4v) is 3.24. The standard InChI is InChI=1S/C16H15N7O2S/c1-9(2)12-8-26-14(18-12)7-25-10-3-4-23-13(5-10)17-6-11(16(23)24)15-19-21-22-20-15/h3-6,8-9H,7H2,1-2H3,(H,19,20,21,22). The molecule has 0 saturated heterocycles. The smallest absolute Gasteiger partial charge is 0.269 e. The quantitative estimate of drug-likeness (QED) is 0.573. The molecule has 4 aromatic rings. The summed E-state index contributed by atoms with van der Waals surface area (Å²) >= 11 is 1.57. The first-order valence-corrected chi connectivity index (χ1v) is 8.82. The molecule has 132 valence electrons. The molecule has 9 nitrogen and oxygen atoms in total. The van der Waals surface area contributed by atoms with Gasteiger partial charge in [-0.15, -0.1) is 21.5 Å². The van der Waals surface area contributed by atoms with Crippen LogP contribution in [0.15, 0.2) is 34.7 Å². The van der Waals surface area contributed by atoms with Gasteiger partial charge in [0.15, 0.2) is 0 Å². The summed E-state index contributed by atoms with van der Waals surface area (Å²) in [6.07, 6.45) is 3.05. The van der Waals surface area contributed by atoms with E-state index in [1.807, 2.05) is 5.38 Å². The Balaban J connectivity index is 1.57. The monoisotopic (exact) mass is 369 g/mol. The van der Waals surface area contributed by atoms with Crippen molar-refractivity contribution in [2.24, 2.45) is 0 Å². The molecule has 0 radical (unpaired) electrons. The Morgan fingerprint density at radius 1 is 1.38 bits per heavy atom. The van der Waals surface area contributed by atoms with E-state index < -0.39 is 0 Å². The summed E-state index contributed by atoms with van der Waals surface area (Å²) in [5.41, 5.74) is 1.54. The second kappa shape index (κ2) is 6.64. The maximum atomic E-state index is 12.5. The molecule has 4 heterocycles. The topological polar surface area (TPSA) is 111 Å². The number of H-pyrrole nitrogens is 1. The van der Waals surface area contributed by atoms with Crippen molar-refractivity contribution in [3.63, 3.8) is 0 Å². The minimum Gasteiger partial charge on any atom is -0.486 e. The highest BCUT2D eigenvalue weighted by molar-refractivity contribution is 7.09. The van der Waals surface area contributed by atoms with Gasteiger partial charge in [0.25, 0.3) is 5.56 Å². The molecule has 4 aromatic heterocycles. The highest BCUT2D eigenvalue weighted by Crippen LogP contribution is 2.20. The Hall–Kier alpha value is -3.14. The number of hydrogen-bond acceptors (Lipinski definition) is 8. The number of hydrogen-bond donors (Lipinski definition) is 1. The van der Waals surface area contributed by atoms with Gasteiger partial charge in [-0.25, -0.2) is 9.97 Å². The van der Waals surface area contributed by atoms with E-state index in [1.54, 1.807) is 29.7 Å². The van der Waals surface area contributed by atoms with Crippen LogP contribution < -0.4 is 10.3 Å². The SMILES string of the molecule is CC(C)c1csc(COc2ccn3c(=O)c(-c4nn[nH]n4)cnc3c2)n1. The Morgan fingerprint density at radius 3 is 3.00 bits per heavy atom. The van der Waals surface area contributed by atoms with Crippen molar-refractivity contribution in [2.45, 2.75) is 26.4 Å². The predicted molar refractivity (Wildman–Crippen MR) is 95.2 cm³/mol.